The lowest BCUT2D eigenvalue weighted by molar-refractivity contribution is -0.200. The second kappa shape index (κ2) is 10.5. The lowest BCUT2D eigenvalue weighted by Gasteiger charge is -2.45. The van der Waals surface area contributed by atoms with Crippen molar-refractivity contribution in [3.63, 3.8) is 0 Å². The quantitative estimate of drug-likeness (QED) is 0.489. The van der Waals surface area contributed by atoms with Crippen LogP contribution in [0.15, 0.2) is 18.2 Å². The molecule has 0 radical (unpaired) electrons. The first-order valence-electron chi connectivity index (χ1n) is 12.5. The predicted molar refractivity (Wildman–Crippen MR) is 127 cm³/mol. The van der Waals surface area contributed by atoms with Crippen molar-refractivity contribution in [1.29, 1.82) is 0 Å². The number of ether oxygens (including phenoxy) is 1. The van der Waals surface area contributed by atoms with Crippen molar-refractivity contribution in [2.24, 2.45) is 0 Å². The zero-order valence-corrected chi connectivity index (χ0v) is 20.6. The number of benzene rings is 1. The first kappa shape index (κ1) is 25.4. The number of halogens is 4. The van der Waals surface area contributed by atoms with Crippen LogP contribution in [0.25, 0.3) is 0 Å². The van der Waals surface area contributed by atoms with E-state index in [-0.39, 0.29) is 5.54 Å². The van der Waals surface area contributed by atoms with Crippen LogP contribution >= 0.6 is 11.6 Å². The van der Waals surface area contributed by atoms with E-state index >= 15 is 0 Å². The van der Waals surface area contributed by atoms with Crippen LogP contribution in [0.3, 0.4) is 0 Å². The summed E-state index contributed by atoms with van der Waals surface area (Å²) in [5, 5.41) is 0.749. The Bertz CT molecular complexity index is 850. The summed E-state index contributed by atoms with van der Waals surface area (Å²) in [6, 6.07) is 6.19. The molecule has 1 spiro atoms. The molecule has 0 aromatic heterocycles. The smallest absolute Gasteiger partial charge is 0.425 e. The minimum absolute atomic E-state index is 0.0257. The van der Waals surface area contributed by atoms with Gasteiger partial charge in [0.1, 0.15) is 0 Å². The fourth-order valence-corrected chi connectivity index (χ4v) is 5.85. The van der Waals surface area contributed by atoms with E-state index in [1.165, 1.54) is 41.8 Å². The van der Waals surface area contributed by atoms with Crippen molar-refractivity contribution in [3.8, 4) is 0 Å². The van der Waals surface area contributed by atoms with Gasteiger partial charge >= 0.3 is 12.3 Å². The first-order chi connectivity index (χ1) is 16.2. The van der Waals surface area contributed by atoms with Crippen molar-refractivity contribution in [1.82, 2.24) is 9.80 Å². The molecule has 0 aliphatic carbocycles. The maximum Gasteiger partial charge on any atom is 0.425 e. The fraction of sp³-hybridized carbons (Fsp3) is 0.720. The second-order valence-electron chi connectivity index (χ2n) is 9.98. The topological polar surface area (TPSA) is 36.0 Å². The number of amides is 1. The van der Waals surface area contributed by atoms with Crippen molar-refractivity contribution in [3.05, 3.63) is 28.8 Å². The summed E-state index contributed by atoms with van der Waals surface area (Å²) < 4.78 is 43.0. The number of piperidine rings is 1. The van der Waals surface area contributed by atoms with Crippen LogP contribution in [-0.2, 0) is 11.3 Å². The molecule has 1 aromatic rings. The van der Waals surface area contributed by atoms with Gasteiger partial charge in [-0.1, -0.05) is 30.5 Å². The lowest BCUT2D eigenvalue weighted by atomic mass is 9.84. The number of likely N-dealkylation sites (tertiary alicyclic amines) is 2. The summed E-state index contributed by atoms with van der Waals surface area (Å²) in [5.41, 5.74) is 2.47. The minimum atomic E-state index is -4.54. The fourth-order valence-electron chi connectivity index (χ4n) is 5.69. The highest BCUT2D eigenvalue weighted by atomic mass is 35.5. The first-order valence-corrected chi connectivity index (χ1v) is 12.9. The number of hydrogen-bond acceptors (Lipinski definition) is 4. The number of rotatable bonds is 4. The molecule has 1 unspecified atom stereocenters. The van der Waals surface area contributed by atoms with Crippen molar-refractivity contribution in [2.45, 2.75) is 82.7 Å². The Hall–Kier alpha value is -1.67. The number of carbonyl (C=O) groups excluding carboxylic acids is 1. The molecule has 0 N–H and O–H groups in total. The van der Waals surface area contributed by atoms with Gasteiger partial charge in [0.25, 0.3) is 0 Å². The Balaban J connectivity index is 1.42. The molecule has 3 aliphatic heterocycles. The molecule has 0 saturated carbocycles. The van der Waals surface area contributed by atoms with Gasteiger partial charge < -0.3 is 14.5 Å². The van der Waals surface area contributed by atoms with Gasteiger partial charge in [-0.05, 0) is 69.7 Å². The molecular formula is C25H35ClF3N3O2. The van der Waals surface area contributed by atoms with Crippen molar-refractivity contribution >= 4 is 23.4 Å². The van der Waals surface area contributed by atoms with Gasteiger partial charge in [-0.15, -0.1) is 0 Å². The van der Waals surface area contributed by atoms with Crippen LogP contribution in [-0.4, -0.2) is 66.4 Å². The molecule has 190 valence electrons. The summed E-state index contributed by atoms with van der Waals surface area (Å²) in [7, 11) is 0. The van der Waals surface area contributed by atoms with Gasteiger partial charge in [-0.2, -0.15) is 13.2 Å². The average Bonchev–Trinajstić information content (AvgIpc) is 2.99. The lowest BCUT2D eigenvalue weighted by Crippen LogP contribution is -2.53. The van der Waals surface area contributed by atoms with Crippen LogP contribution in [0.1, 0.15) is 63.9 Å². The molecule has 1 amide bonds. The van der Waals surface area contributed by atoms with E-state index in [0.29, 0.717) is 13.1 Å². The average molecular weight is 502 g/mol. The van der Waals surface area contributed by atoms with Gasteiger partial charge in [0.15, 0.2) is 6.10 Å². The third-order valence-corrected chi connectivity index (χ3v) is 8.02. The molecule has 9 heteroatoms. The molecule has 3 aliphatic rings. The molecule has 3 saturated heterocycles. The highest BCUT2D eigenvalue weighted by molar-refractivity contribution is 6.30. The number of nitrogens with zero attached hydrogens (tertiary/aromatic N) is 3. The number of carbonyl (C=O) groups is 1. The maximum atomic E-state index is 12.8. The minimum Gasteiger partial charge on any atom is -0.437 e. The molecule has 1 aromatic carbocycles. The number of anilines is 1. The Labute approximate surface area is 205 Å². The molecule has 0 bridgehead atoms. The monoisotopic (exact) mass is 501 g/mol. The van der Waals surface area contributed by atoms with E-state index in [1.54, 1.807) is 0 Å². The molecule has 3 heterocycles. The van der Waals surface area contributed by atoms with Gasteiger partial charge in [0.2, 0.25) is 0 Å². The maximum absolute atomic E-state index is 12.8. The van der Waals surface area contributed by atoms with Crippen molar-refractivity contribution < 1.29 is 22.7 Å². The molecule has 1 atom stereocenters. The van der Waals surface area contributed by atoms with Gasteiger partial charge in [-0.3, -0.25) is 4.90 Å². The van der Waals surface area contributed by atoms with Gasteiger partial charge in [0.05, 0.1) is 0 Å². The van der Waals surface area contributed by atoms with Crippen LogP contribution in [0.4, 0.5) is 23.7 Å². The third-order valence-electron chi connectivity index (χ3n) is 7.79. The van der Waals surface area contributed by atoms with E-state index in [2.05, 4.69) is 26.7 Å². The molecule has 3 fully saturated rings. The summed E-state index contributed by atoms with van der Waals surface area (Å²) in [5.74, 6) is 0. The normalized spacial score (nSPS) is 22.6. The Morgan fingerprint density at radius 1 is 1.03 bits per heavy atom. The van der Waals surface area contributed by atoms with Gasteiger partial charge in [0, 0.05) is 49.0 Å². The molecule has 34 heavy (non-hydrogen) atoms. The molecule has 4 rings (SSSR count). The Kier molecular flexibility index (Phi) is 7.87. The number of hydrogen-bond donors (Lipinski definition) is 0. The Morgan fingerprint density at radius 2 is 1.71 bits per heavy atom. The highest BCUT2D eigenvalue weighted by Gasteiger charge is 2.45. The van der Waals surface area contributed by atoms with Crippen LogP contribution < -0.4 is 4.90 Å². The summed E-state index contributed by atoms with van der Waals surface area (Å²) in [6.07, 6.45) is 1.03. The van der Waals surface area contributed by atoms with E-state index in [0.717, 1.165) is 63.8 Å². The van der Waals surface area contributed by atoms with E-state index in [9.17, 15) is 18.0 Å². The third kappa shape index (κ3) is 5.76. The zero-order chi connectivity index (χ0) is 24.3. The van der Waals surface area contributed by atoms with Crippen LogP contribution in [0, 0.1) is 0 Å². The van der Waals surface area contributed by atoms with Crippen LogP contribution in [0.5, 0.6) is 0 Å². The summed E-state index contributed by atoms with van der Waals surface area (Å²) in [4.78, 5) is 18.7. The van der Waals surface area contributed by atoms with E-state index in [4.69, 9.17) is 11.6 Å². The standard InChI is InChI=1S/C25H35ClF3N3O2/c1-19(25(27,28)29)34-23(33)31-15-10-24(11-16-31)9-6-14-32(24)18-20-7-8-21(26)17-22(20)30-12-4-2-3-5-13-30/h7-8,17,19H,2-6,9-16,18H2,1H3. The second-order valence-corrected chi connectivity index (χ2v) is 10.4. The predicted octanol–water partition coefficient (Wildman–Crippen LogP) is 6.24. The largest absolute Gasteiger partial charge is 0.437 e. The zero-order valence-electron chi connectivity index (χ0n) is 19.9. The molecule has 5 nitrogen and oxygen atoms in total. The summed E-state index contributed by atoms with van der Waals surface area (Å²) >= 11 is 6.39. The SMILES string of the molecule is CC(OC(=O)N1CCC2(CCCN2Cc2ccc(Cl)cc2N2CCCCCC2)CC1)C(F)(F)F. The van der Waals surface area contributed by atoms with Crippen molar-refractivity contribution in [2.75, 3.05) is 37.6 Å². The summed E-state index contributed by atoms with van der Waals surface area (Å²) in [6.45, 7) is 5.60. The van der Waals surface area contributed by atoms with E-state index in [1.807, 2.05) is 6.07 Å². The highest BCUT2D eigenvalue weighted by Crippen LogP contribution is 2.41. The molecular weight excluding hydrogens is 467 g/mol. The van der Waals surface area contributed by atoms with Gasteiger partial charge in [-0.25, -0.2) is 4.79 Å². The number of alkyl halides is 3. The van der Waals surface area contributed by atoms with Crippen LogP contribution in [0.2, 0.25) is 5.02 Å². The van der Waals surface area contributed by atoms with E-state index < -0.39 is 18.4 Å². The Morgan fingerprint density at radius 3 is 2.35 bits per heavy atom.